The second kappa shape index (κ2) is 5.81. The van der Waals surface area contributed by atoms with Gasteiger partial charge in [-0.05, 0) is 44.4 Å². The van der Waals surface area contributed by atoms with Crippen LogP contribution in [-0.4, -0.2) is 17.6 Å². The lowest BCUT2D eigenvalue weighted by Crippen LogP contribution is -2.39. The van der Waals surface area contributed by atoms with Gasteiger partial charge in [-0.25, -0.2) is 0 Å². The molecule has 4 nitrogen and oxygen atoms in total. The molecule has 2 aromatic heterocycles. The maximum absolute atomic E-state index is 12.1. The minimum atomic E-state index is -1.21. The van der Waals surface area contributed by atoms with Crippen molar-refractivity contribution in [3.63, 3.8) is 0 Å². The number of nitrogens with one attached hydrogen (secondary N) is 1. The van der Waals surface area contributed by atoms with Crippen LogP contribution in [0.5, 0.6) is 0 Å². The van der Waals surface area contributed by atoms with E-state index in [1.54, 1.807) is 30.4 Å². The average molecular weight is 293 g/mol. The molecule has 1 amide bonds. The van der Waals surface area contributed by atoms with Gasteiger partial charge < -0.3 is 14.8 Å². The molecule has 2 aromatic rings. The van der Waals surface area contributed by atoms with Gasteiger partial charge in [-0.15, -0.1) is 11.3 Å². The van der Waals surface area contributed by atoms with Gasteiger partial charge in [-0.1, -0.05) is 6.07 Å². The number of carbonyl (C=O) groups excluding carboxylic acids is 1. The number of thiophene rings is 1. The first-order valence-electron chi connectivity index (χ1n) is 6.50. The summed E-state index contributed by atoms with van der Waals surface area (Å²) in [6.45, 7) is 5.42. The molecule has 2 heterocycles. The van der Waals surface area contributed by atoms with E-state index in [1.165, 1.54) is 0 Å². The Hall–Kier alpha value is -1.59. The smallest absolute Gasteiger partial charge is 0.228 e. The van der Waals surface area contributed by atoms with Gasteiger partial charge in [0.2, 0.25) is 5.91 Å². The number of amides is 1. The average Bonchev–Trinajstić information content (AvgIpc) is 3.06. The summed E-state index contributed by atoms with van der Waals surface area (Å²) >= 11 is 1.55. The summed E-state index contributed by atoms with van der Waals surface area (Å²) in [4.78, 5) is 13.1. The van der Waals surface area contributed by atoms with Crippen LogP contribution in [0.25, 0.3) is 0 Å². The van der Waals surface area contributed by atoms with E-state index in [1.807, 2.05) is 31.4 Å². The first-order chi connectivity index (χ1) is 9.40. The summed E-state index contributed by atoms with van der Waals surface area (Å²) in [5.74, 6) is 0.873. The number of furan rings is 1. The third kappa shape index (κ3) is 3.29. The van der Waals surface area contributed by atoms with Crippen LogP contribution in [0.2, 0.25) is 0 Å². The van der Waals surface area contributed by atoms with Crippen LogP contribution in [0.3, 0.4) is 0 Å². The maximum Gasteiger partial charge on any atom is 0.228 e. The molecule has 20 heavy (non-hydrogen) atoms. The molecular formula is C15H19NO3S. The van der Waals surface area contributed by atoms with Crippen molar-refractivity contribution >= 4 is 17.2 Å². The van der Waals surface area contributed by atoms with E-state index in [0.717, 1.165) is 10.6 Å². The summed E-state index contributed by atoms with van der Waals surface area (Å²) in [7, 11) is 0. The molecule has 2 atom stereocenters. The second-order valence-electron chi connectivity index (χ2n) is 5.14. The molecule has 0 aliphatic heterocycles. The SMILES string of the molecule is Cc1ccc(C(C)(O)CNC(=O)C(C)c2cccs2)o1. The fourth-order valence-electron chi connectivity index (χ4n) is 1.89. The first-order valence-corrected chi connectivity index (χ1v) is 7.38. The molecule has 0 aliphatic rings. The van der Waals surface area contributed by atoms with Gasteiger partial charge >= 0.3 is 0 Å². The number of rotatable bonds is 5. The highest BCUT2D eigenvalue weighted by Gasteiger charge is 2.28. The minimum absolute atomic E-state index is 0.101. The highest BCUT2D eigenvalue weighted by atomic mass is 32.1. The first kappa shape index (κ1) is 14.8. The Morgan fingerprint density at radius 1 is 1.50 bits per heavy atom. The van der Waals surface area contributed by atoms with Crippen LogP contribution in [0.1, 0.15) is 36.2 Å². The summed E-state index contributed by atoms with van der Waals surface area (Å²) < 4.78 is 5.41. The topological polar surface area (TPSA) is 62.5 Å². The summed E-state index contributed by atoms with van der Waals surface area (Å²) in [6.07, 6.45) is 0. The molecule has 0 radical (unpaired) electrons. The largest absolute Gasteiger partial charge is 0.463 e. The lowest BCUT2D eigenvalue weighted by molar-refractivity contribution is -0.123. The van der Waals surface area contributed by atoms with E-state index >= 15 is 0 Å². The van der Waals surface area contributed by atoms with Crippen molar-refractivity contribution in [2.75, 3.05) is 6.54 Å². The zero-order valence-corrected chi connectivity index (χ0v) is 12.7. The molecule has 0 bridgehead atoms. The molecule has 0 saturated heterocycles. The van der Waals surface area contributed by atoms with Gasteiger partial charge in [0.05, 0.1) is 12.5 Å². The van der Waals surface area contributed by atoms with Gasteiger partial charge in [0.25, 0.3) is 0 Å². The molecule has 108 valence electrons. The fourth-order valence-corrected chi connectivity index (χ4v) is 2.67. The Bertz CT molecular complexity index is 572. The highest BCUT2D eigenvalue weighted by Crippen LogP contribution is 2.24. The molecule has 2 unspecified atom stereocenters. The number of hydrogen-bond acceptors (Lipinski definition) is 4. The highest BCUT2D eigenvalue weighted by molar-refractivity contribution is 7.10. The molecule has 0 fully saturated rings. The monoisotopic (exact) mass is 293 g/mol. The predicted octanol–water partition coefficient (Wildman–Crippen LogP) is 2.78. The summed E-state index contributed by atoms with van der Waals surface area (Å²) in [6, 6.07) is 7.37. The van der Waals surface area contributed by atoms with E-state index in [9.17, 15) is 9.90 Å². The van der Waals surface area contributed by atoms with Crippen molar-refractivity contribution in [2.24, 2.45) is 0 Å². The van der Waals surface area contributed by atoms with Crippen molar-refractivity contribution in [2.45, 2.75) is 32.3 Å². The zero-order valence-electron chi connectivity index (χ0n) is 11.8. The van der Waals surface area contributed by atoms with Crippen molar-refractivity contribution in [1.82, 2.24) is 5.32 Å². The van der Waals surface area contributed by atoms with Crippen LogP contribution >= 0.6 is 11.3 Å². The van der Waals surface area contributed by atoms with Crippen molar-refractivity contribution in [3.8, 4) is 0 Å². The molecule has 0 aromatic carbocycles. The Balaban J connectivity index is 1.96. The van der Waals surface area contributed by atoms with Crippen molar-refractivity contribution in [3.05, 3.63) is 46.0 Å². The predicted molar refractivity (Wildman–Crippen MR) is 78.8 cm³/mol. The Labute approximate surface area is 122 Å². The molecular weight excluding hydrogens is 274 g/mol. The normalized spacial score (nSPS) is 15.6. The van der Waals surface area contributed by atoms with Crippen molar-refractivity contribution < 1.29 is 14.3 Å². The molecule has 0 saturated carbocycles. The van der Waals surface area contributed by atoms with E-state index in [2.05, 4.69) is 5.32 Å². The quantitative estimate of drug-likeness (QED) is 0.891. The zero-order chi connectivity index (χ0) is 14.8. The lowest BCUT2D eigenvalue weighted by Gasteiger charge is -2.22. The molecule has 2 N–H and O–H groups in total. The summed E-state index contributed by atoms with van der Waals surface area (Å²) in [5.41, 5.74) is -1.21. The Morgan fingerprint density at radius 3 is 2.80 bits per heavy atom. The molecule has 0 aliphatic carbocycles. The van der Waals surface area contributed by atoms with Gasteiger partial charge in [0.1, 0.15) is 17.1 Å². The van der Waals surface area contributed by atoms with Crippen molar-refractivity contribution in [1.29, 1.82) is 0 Å². The van der Waals surface area contributed by atoms with Gasteiger partial charge in [0, 0.05) is 4.88 Å². The Kier molecular flexibility index (Phi) is 4.30. The minimum Gasteiger partial charge on any atom is -0.463 e. The van der Waals surface area contributed by atoms with E-state index in [-0.39, 0.29) is 18.4 Å². The van der Waals surface area contributed by atoms with E-state index in [4.69, 9.17) is 4.42 Å². The van der Waals surface area contributed by atoms with Crippen LogP contribution < -0.4 is 5.32 Å². The van der Waals surface area contributed by atoms with E-state index in [0.29, 0.717) is 5.76 Å². The van der Waals surface area contributed by atoms with Crippen LogP contribution in [0.15, 0.2) is 34.1 Å². The molecule has 0 spiro atoms. The third-order valence-electron chi connectivity index (χ3n) is 3.24. The summed E-state index contributed by atoms with van der Waals surface area (Å²) in [5, 5.41) is 15.1. The standard InChI is InChI=1S/C15H19NO3S/c1-10-6-7-13(19-10)15(3,18)9-16-14(17)11(2)12-5-4-8-20-12/h4-8,11,18H,9H2,1-3H3,(H,16,17). The third-order valence-corrected chi connectivity index (χ3v) is 4.30. The lowest BCUT2D eigenvalue weighted by atomic mass is 10.0. The van der Waals surface area contributed by atoms with Gasteiger partial charge in [-0.3, -0.25) is 4.79 Å². The number of aliphatic hydroxyl groups is 1. The second-order valence-corrected chi connectivity index (χ2v) is 6.12. The Morgan fingerprint density at radius 2 is 2.25 bits per heavy atom. The molecule has 2 rings (SSSR count). The molecule has 5 heteroatoms. The number of aryl methyl sites for hydroxylation is 1. The van der Waals surface area contributed by atoms with Gasteiger partial charge in [0.15, 0.2) is 0 Å². The van der Waals surface area contributed by atoms with Crippen LogP contribution in [-0.2, 0) is 10.4 Å². The maximum atomic E-state index is 12.1. The van der Waals surface area contributed by atoms with E-state index < -0.39 is 5.60 Å². The van der Waals surface area contributed by atoms with Gasteiger partial charge in [-0.2, -0.15) is 0 Å². The fraction of sp³-hybridized carbons (Fsp3) is 0.400. The van der Waals surface area contributed by atoms with Crippen LogP contribution in [0.4, 0.5) is 0 Å². The van der Waals surface area contributed by atoms with Crippen LogP contribution in [0, 0.1) is 6.92 Å². The number of hydrogen-bond donors (Lipinski definition) is 2. The number of carbonyl (C=O) groups is 1.